The number of benzene rings is 1. The van der Waals surface area contributed by atoms with Gasteiger partial charge in [-0.1, -0.05) is 37.8 Å². The maximum atomic E-state index is 11.6. The summed E-state index contributed by atoms with van der Waals surface area (Å²) in [5.74, 6) is -0.394. The molecule has 0 saturated carbocycles. The molecule has 0 aliphatic rings. The molecule has 6 heteroatoms. The fraction of sp³-hybridized carbons (Fsp3) is 0.316. The highest BCUT2D eigenvalue weighted by atomic mass is 16.5. The van der Waals surface area contributed by atoms with E-state index in [1.807, 2.05) is 24.3 Å². The Morgan fingerprint density at radius 3 is 2.44 bits per heavy atom. The number of aliphatic imine (C=N–C) groups is 1. The number of methoxy groups -OCH3 is 2. The molecule has 0 atom stereocenters. The summed E-state index contributed by atoms with van der Waals surface area (Å²) >= 11 is 0. The predicted molar refractivity (Wildman–Crippen MR) is 98.3 cm³/mol. The fourth-order valence-electron chi connectivity index (χ4n) is 1.89. The normalized spacial score (nSPS) is 11.2. The van der Waals surface area contributed by atoms with Crippen LogP contribution in [-0.4, -0.2) is 45.4 Å². The summed E-state index contributed by atoms with van der Waals surface area (Å²) < 4.78 is 9.54. The van der Waals surface area contributed by atoms with Crippen LogP contribution in [0.15, 0.2) is 47.7 Å². The lowest BCUT2D eigenvalue weighted by molar-refractivity contribution is -0.141. The zero-order valence-electron chi connectivity index (χ0n) is 14.9. The highest BCUT2D eigenvalue weighted by Crippen LogP contribution is 2.16. The number of hydrogen-bond acceptors (Lipinski definition) is 5. The number of esters is 1. The Morgan fingerprint density at radius 1 is 1.20 bits per heavy atom. The van der Waals surface area contributed by atoms with Crippen molar-refractivity contribution in [1.29, 1.82) is 0 Å². The molecule has 0 radical (unpaired) electrons. The van der Waals surface area contributed by atoms with Crippen LogP contribution in [0.3, 0.4) is 0 Å². The quantitative estimate of drug-likeness (QED) is 0.322. The van der Waals surface area contributed by atoms with Crippen molar-refractivity contribution < 1.29 is 19.1 Å². The van der Waals surface area contributed by atoms with Crippen LogP contribution in [0.2, 0.25) is 0 Å². The molecule has 134 valence electrons. The van der Waals surface area contributed by atoms with Crippen molar-refractivity contribution in [2.75, 3.05) is 27.3 Å². The van der Waals surface area contributed by atoms with E-state index >= 15 is 0 Å². The Bertz CT molecular complexity index is 661. The van der Waals surface area contributed by atoms with Crippen LogP contribution in [0.25, 0.3) is 5.57 Å². The Hall–Kier alpha value is -2.89. The fourth-order valence-corrected chi connectivity index (χ4v) is 1.89. The summed E-state index contributed by atoms with van der Waals surface area (Å²) in [6, 6.07) is 8.04. The van der Waals surface area contributed by atoms with Crippen LogP contribution in [-0.2, 0) is 25.5 Å². The maximum Gasteiger partial charge on any atom is 0.325 e. The second-order valence-corrected chi connectivity index (χ2v) is 5.14. The second kappa shape index (κ2) is 10.8. The first kappa shape index (κ1) is 20.2. The van der Waals surface area contributed by atoms with Gasteiger partial charge in [0.05, 0.1) is 14.2 Å². The number of aryl methyl sites for hydroxylation is 1. The molecule has 0 saturated heterocycles. The minimum Gasteiger partial charge on any atom is -0.497 e. The minimum atomic E-state index is -0.509. The van der Waals surface area contributed by atoms with Crippen LogP contribution in [0.1, 0.15) is 18.1 Å². The van der Waals surface area contributed by atoms with Gasteiger partial charge in [-0.05, 0) is 23.6 Å². The third kappa shape index (κ3) is 7.48. The van der Waals surface area contributed by atoms with Gasteiger partial charge in [-0.3, -0.25) is 14.6 Å². The number of ether oxygens (including phenoxy) is 2. The van der Waals surface area contributed by atoms with E-state index in [0.717, 1.165) is 17.6 Å². The van der Waals surface area contributed by atoms with Crippen molar-refractivity contribution in [2.45, 2.75) is 13.3 Å². The van der Waals surface area contributed by atoms with E-state index in [0.29, 0.717) is 5.76 Å². The van der Waals surface area contributed by atoms with E-state index in [4.69, 9.17) is 4.74 Å². The standard InChI is InChI=1S/C19H24N2O4/c1-5-15-6-8-16(9-7-15)17(10-14(2)24-3)11-20-12-18(22)21-13-19(23)25-4/h6-11H,2,5,12-13H2,1,3-4H3,(H,21,22)/b17-10+,20-11-. The van der Waals surface area contributed by atoms with Crippen molar-refractivity contribution >= 4 is 23.7 Å². The molecular formula is C19H24N2O4. The first-order valence-corrected chi connectivity index (χ1v) is 7.87. The zero-order valence-corrected chi connectivity index (χ0v) is 14.9. The topological polar surface area (TPSA) is 77.0 Å². The first-order chi connectivity index (χ1) is 12.0. The highest BCUT2D eigenvalue weighted by molar-refractivity contribution is 6.10. The van der Waals surface area contributed by atoms with E-state index in [2.05, 4.69) is 28.5 Å². The summed E-state index contributed by atoms with van der Waals surface area (Å²) in [4.78, 5) is 26.8. The predicted octanol–water partition coefficient (Wildman–Crippen LogP) is 2.15. The van der Waals surface area contributed by atoms with Crippen LogP contribution in [0.5, 0.6) is 0 Å². The number of rotatable bonds is 9. The first-order valence-electron chi connectivity index (χ1n) is 7.87. The van der Waals surface area contributed by atoms with Crippen LogP contribution in [0, 0.1) is 0 Å². The number of amides is 1. The van der Waals surface area contributed by atoms with Gasteiger partial charge in [0.2, 0.25) is 5.91 Å². The molecular weight excluding hydrogens is 320 g/mol. The molecule has 1 N–H and O–H groups in total. The lowest BCUT2D eigenvalue weighted by atomic mass is 10.0. The lowest BCUT2D eigenvalue weighted by Crippen LogP contribution is -2.31. The number of carbonyl (C=O) groups excluding carboxylic acids is 2. The molecule has 0 aromatic heterocycles. The molecule has 6 nitrogen and oxygen atoms in total. The third-order valence-electron chi connectivity index (χ3n) is 3.40. The van der Waals surface area contributed by atoms with Gasteiger partial charge in [-0.15, -0.1) is 0 Å². The number of carbonyl (C=O) groups is 2. The van der Waals surface area contributed by atoms with E-state index < -0.39 is 5.97 Å². The molecule has 0 spiro atoms. The molecule has 0 aliphatic heterocycles. The smallest absolute Gasteiger partial charge is 0.325 e. The number of hydrogen-bond donors (Lipinski definition) is 1. The van der Waals surface area contributed by atoms with Crippen molar-refractivity contribution in [3.8, 4) is 0 Å². The summed E-state index contributed by atoms with van der Waals surface area (Å²) in [6.45, 7) is 5.60. The SMILES string of the molecule is C=C(/C=C(\C=N/CC(=O)NCC(=O)OC)c1ccc(CC)cc1)OC. The average molecular weight is 344 g/mol. The maximum absolute atomic E-state index is 11.6. The molecule has 1 amide bonds. The van der Waals surface area contributed by atoms with Crippen molar-refractivity contribution in [1.82, 2.24) is 5.32 Å². The molecule has 0 aliphatic carbocycles. The number of nitrogens with zero attached hydrogens (tertiary/aromatic N) is 1. The van der Waals surface area contributed by atoms with Gasteiger partial charge < -0.3 is 14.8 Å². The van der Waals surface area contributed by atoms with Gasteiger partial charge in [0, 0.05) is 11.8 Å². The summed E-state index contributed by atoms with van der Waals surface area (Å²) in [7, 11) is 2.80. The van der Waals surface area contributed by atoms with E-state index in [9.17, 15) is 9.59 Å². The largest absolute Gasteiger partial charge is 0.497 e. The average Bonchev–Trinajstić information content (AvgIpc) is 2.65. The van der Waals surface area contributed by atoms with Crippen LogP contribution >= 0.6 is 0 Å². The Morgan fingerprint density at radius 2 is 1.88 bits per heavy atom. The molecule has 1 rings (SSSR count). The lowest BCUT2D eigenvalue weighted by Gasteiger charge is -2.06. The van der Waals surface area contributed by atoms with Gasteiger partial charge in [0.15, 0.2) is 0 Å². The van der Waals surface area contributed by atoms with Crippen molar-refractivity contribution in [3.63, 3.8) is 0 Å². The molecule has 1 aromatic carbocycles. The molecule has 0 bridgehead atoms. The Kier molecular flexibility index (Phi) is 8.71. The van der Waals surface area contributed by atoms with Gasteiger partial charge in [-0.25, -0.2) is 0 Å². The van der Waals surface area contributed by atoms with Gasteiger partial charge in [0.1, 0.15) is 18.8 Å². The molecule has 0 unspecified atom stereocenters. The van der Waals surface area contributed by atoms with Crippen molar-refractivity contribution in [2.24, 2.45) is 4.99 Å². The monoisotopic (exact) mass is 344 g/mol. The van der Waals surface area contributed by atoms with E-state index in [1.165, 1.54) is 19.8 Å². The van der Waals surface area contributed by atoms with E-state index in [1.54, 1.807) is 12.3 Å². The summed E-state index contributed by atoms with van der Waals surface area (Å²) in [5.41, 5.74) is 2.94. The molecule has 1 aromatic rings. The summed E-state index contributed by atoms with van der Waals surface area (Å²) in [6.07, 6.45) is 4.29. The van der Waals surface area contributed by atoms with Crippen LogP contribution in [0.4, 0.5) is 0 Å². The number of allylic oxidation sites excluding steroid dienone is 2. The Balaban J connectivity index is 2.80. The molecule has 25 heavy (non-hydrogen) atoms. The van der Waals surface area contributed by atoms with Gasteiger partial charge in [0.25, 0.3) is 0 Å². The molecule has 0 fully saturated rings. The zero-order chi connectivity index (χ0) is 18.7. The third-order valence-corrected chi connectivity index (χ3v) is 3.40. The van der Waals surface area contributed by atoms with Gasteiger partial charge in [-0.2, -0.15) is 0 Å². The number of nitrogens with one attached hydrogen (secondary N) is 1. The molecule has 0 heterocycles. The summed E-state index contributed by atoms with van der Waals surface area (Å²) in [5, 5.41) is 2.42. The second-order valence-electron chi connectivity index (χ2n) is 5.14. The Labute approximate surface area is 148 Å². The minimum absolute atomic E-state index is 0.0964. The van der Waals surface area contributed by atoms with Crippen LogP contribution < -0.4 is 5.32 Å². The van der Waals surface area contributed by atoms with E-state index in [-0.39, 0.29) is 19.0 Å². The van der Waals surface area contributed by atoms with Crippen molar-refractivity contribution in [3.05, 3.63) is 53.8 Å². The van der Waals surface area contributed by atoms with Gasteiger partial charge >= 0.3 is 5.97 Å². The highest BCUT2D eigenvalue weighted by Gasteiger charge is 2.05.